The predicted molar refractivity (Wildman–Crippen MR) is 562 cm³/mol. The average Bonchev–Trinajstić information content (AvgIpc) is 0.784. The zero-order valence-electron chi connectivity index (χ0n) is 80.8. The predicted octanol–water partition coefficient (Wildman–Crippen LogP) is 19.5. The number of sulfonamides is 4. The van der Waals surface area contributed by atoms with Crippen molar-refractivity contribution in [2.75, 3.05) is 98.6 Å². The Kier molecular flexibility index (Phi) is 31.3. The van der Waals surface area contributed by atoms with Crippen molar-refractivity contribution < 1.29 is 61.4 Å². The lowest BCUT2D eigenvalue weighted by Crippen LogP contribution is -2.41. The molecule has 4 aliphatic rings. The van der Waals surface area contributed by atoms with Gasteiger partial charge in [0, 0.05) is 91.7 Å². The number of nitrogens with zero attached hydrogens (tertiary/aromatic N) is 16. The number of benzene rings is 8. The van der Waals surface area contributed by atoms with Crippen molar-refractivity contribution in [2.24, 2.45) is 0 Å². The van der Waals surface area contributed by atoms with E-state index in [0.717, 1.165) is 76.9 Å². The summed E-state index contributed by atoms with van der Waals surface area (Å²) in [7, 11) is -12.9. The maximum absolute atomic E-state index is 14.8. The van der Waals surface area contributed by atoms with Crippen LogP contribution in [0, 0.1) is 41.2 Å². The molecule has 0 unspecified atom stereocenters. The third kappa shape index (κ3) is 24.0. The fraction of sp³-hybridized carbons (Fsp3) is 0.314. The SMILES string of the molecule is C[C@H](Nc1c(C#N)cnc2ccccc12)c1cc2cccc(Cl)c2c(OC2CCN(S(C)(=O)=O)CC2)n1.C[C@H](Nc1c(F)cnc2ccccc12)c1nc(OC2CCN(S(C)(=O)=O)CC2)c2c(Cl)cccc2n1.C[C@H](Nc1c(F)cnc2ccccc12)c1nc(OC2CCN(S(C)(=O)=O)CC2)c2ccccc2n1.Cc1cccc2cc([C@H](C)Nc3c(C#N)cnc4ccccc34)nc(OC3CCN(S(C)(=O)=O)CC3)c12. The molecule has 40 heteroatoms. The van der Waals surface area contributed by atoms with Gasteiger partial charge in [0.25, 0.3) is 0 Å². The number of fused-ring (bicyclic) bond motifs is 8. The molecule has 8 aromatic carbocycles. The van der Waals surface area contributed by atoms with Crippen molar-refractivity contribution in [3.8, 4) is 35.7 Å². The van der Waals surface area contributed by atoms with E-state index in [-0.39, 0.29) is 36.5 Å². The molecule has 12 heterocycles. The van der Waals surface area contributed by atoms with Crippen LogP contribution in [0.25, 0.3) is 87.0 Å². The van der Waals surface area contributed by atoms with Gasteiger partial charge in [0.2, 0.25) is 63.6 Å². The summed E-state index contributed by atoms with van der Waals surface area (Å²) in [5.74, 6) is 1.69. The van der Waals surface area contributed by atoms with Gasteiger partial charge in [0.1, 0.15) is 36.6 Å². The summed E-state index contributed by atoms with van der Waals surface area (Å²) < 4.78 is 156. The van der Waals surface area contributed by atoms with E-state index in [1.807, 2.05) is 192 Å². The minimum atomic E-state index is -3.24. The standard InChI is InChI=1S/C28H29N5O3S.C27H26ClN5O3S.C25H25ClFN5O3S.C25H26FN5O3S/c1-18-7-6-8-20-15-25(19(2)31-27-21(16-29)17-30-24-10-5-4-9-23(24)27)32-28(26(18)20)36-22-11-13-33(14-12-22)37(3,34)35;1-17(31-26-19(15-29)16-30-23-9-4-3-7-21(23)26)24-14-18-6-5-8-22(28)25(18)27(32-24)36-20-10-12-33(13-11-20)37(2,34)35;1-15(29-23-17-6-3-4-8-20(17)28-14-19(23)27)24-30-21-9-5-7-18(26)22(21)25(31-24)35-16-10-12-32(13-11-16)36(2,33)34;1-16(28-23-18-7-3-5-9-21(18)27-15-20(23)26)24-29-22-10-6-4-8-19(22)25(30-24)34-17-11-13-31(14-12-17)35(2,32)33/h4-10,15,17,19,22H,11-14H2,1-3H3,(H,30,31);3-9,14,16-17,20H,10-13H2,1-2H3,(H,30,31);3-9,14-16H,10-13H2,1-2H3,(H,28,29);3-10,15-17H,11-14H2,1-2H3,(H,27,28)/t19-;17-;15-;16-/m0000/s1. The quantitative estimate of drug-likeness (QED) is 0.0436. The highest BCUT2D eigenvalue weighted by Crippen LogP contribution is 2.42. The van der Waals surface area contributed by atoms with Crippen LogP contribution < -0.4 is 40.2 Å². The molecule has 4 aliphatic heterocycles. The maximum atomic E-state index is 14.8. The number of hydrogen-bond acceptors (Lipinski definition) is 28. The van der Waals surface area contributed by atoms with Crippen LogP contribution in [0.5, 0.6) is 23.5 Å². The van der Waals surface area contributed by atoms with Gasteiger partial charge >= 0.3 is 0 Å². The van der Waals surface area contributed by atoms with Crippen molar-refractivity contribution in [1.29, 1.82) is 10.5 Å². The van der Waals surface area contributed by atoms with E-state index in [0.29, 0.717) is 210 Å². The van der Waals surface area contributed by atoms with Crippen molar-refractivity contribution in [1.82, 2.24) is 67.1 Å². The third-order valence-electron chi connectivity index (χ3n) is 26.0. The van der Waals surface area contributed by atoms with Crippen LogP contribution >= 0.6 is 23.2 Å². The molecule has 750 valence electrons. The third-order valence-corrected chi connectivity index (χ3v) is 31.9. The Hall–Kier alpha value is -13.6. The summed E-state index contributed by atoms with van der Waals surface area (Å²) in [6, 6.07) is 61.8. The summed E-state index contributed by atoms with van der Waals surface area (Å²) in [5.41, 5.74) is 9.85. The van der Waals surface area contributed by atoms with Gasteiger partial charge in [0.05, 0.1) is 166 Å². The van der Waals surface area contributed by atoms with E-state index in [4.69, 9.17) is 62.1 Å². The Morgan fingerprint density at radius 1 is 0.345 bits per heavy atom. The zero-order valence-corrected chi connectivity index (χ0v) is 85.6. The topological polar surface area (TPSA) is 411 Å². The number of aryl methyl sites for hydroxylation is 1. The number of nitrogens with one attached hydrogen (secondary N) is 4. The van der Waals surface area contributed by atoms with Gasteiger partial charge in [0.15, 0.2) is 23.3 Å². The molecule has 20 rings (SSSR count). The molecule has 16 aromatic rings. The van der Waals surface area contributed by atoms with Crippen LogP contribution in [-0.4, -0.2) is 203 Å². The van der Waals surface area contributed by atoms with Gasteiger partial charge in [-0.05, 0) is 169 Å². The first-order chi connectivity index (χ1) is 69.5. The molecule has 0 radical (unpaired) electrons. The molecule has 0 amide bonds. The average molecular weight is 2080 g/mol. The molecule has 0 saturated carbocycles. The minimum absolute atomic E-state index is 0.124. The van der Waals surface area contributed by atoms with Gasteiger partial charge in [-0.25, -0.2) is 79.6 Å². The van der Waals surface area contributed by atoms with E-state index in [1.54, 1.807) is 36.7 Å². The number of halogens is 4. The van der Waals surface area contributed by atoms with Crippen LogP contribution in [0.2, 0.25) is 10.0 Å². The van der Waals surface area contributed by atoms with E-state index < -0.39 is 63.8 Å². The first-order valence-corrected chi connectivity index (χ1v) is 55.5. The molecule has 0 aliphatic carbocycles. The molecule has 4 fully saturated rings. The van der Waals surface area contributed by atoms with Crippen molar-refractivity contribution >= 4 is 173 Å². The number of nitriles is 2. The zero-order chi connectivity index (χ0) is 102. The lowest BCUT2D eigenvalue weighted by Gasteiger charge is -2.30. The molecule has 4 atom stereocenters. The van der Waals surface area contributed by atoms with Gasteiger partial charge in [-0.15, -0.1) is 0 Å². The van der Waals surface area contributed by atoms with E-state index in [1.165, 1.54) is 54.6 Å². The Bertz CT molecular complexity index is 7940. The van der Waals surface area contributed by atoms with Gasteiger partial charge in [-0.3, -0.25) is 19.9 Å². The fourth-order valence-electron chi connectivity index (χ4n) is 18.3. The smallest absolute Gasteiger partial charge is 0.226 e. The van der Waals surface area contributed by atoms with Crippen LogP contribution in [-0.2, 0) is 40.1 Å². The number of anilines is 4. The van der Waals surface area contributed by atoms with E-state index in [9.17, 15) is 53.0 Å². The highest BCUT2D eigenvalue weighted by atomic mass is 35.5. The number of piperidine rings is 4. The Labute approximate surface area is 849 Å². The van der Waals surface area contributed by atoms with Crippen molar-refractivity contribution in [2.45, 2.75) is 135 Å². The number of hydrogen-bond donors (Lipinski definition) is 4. The molecular weight excluding hydrogens is 1970 g/mol. The Morgan fingerprint density at radius 3 is 1.03 bits per heavy atom. The molecule has 8 aromatic heterocycles. The van der Waals surface area contributed by atoms with Crippen LogP contribution in [0.4, 0.5) is 31.5 Å². The van der Waals surface area contributed by atoms with Gasteiger partial charge in [-0.2, -0.15) is 20.5 Å². The van der Waals surface area contributed by atoms with Crippen molar-refractivity contribution in [3.63, 3.8) is 0 Å². The number of aromatic nitrogens is 10. The molecule has 4 saturated heterocycles. The summed E-state index contributed by atoms with van der Waals surface area (Å²) >= 11 is 13.1. The normalized spacial score (nSPS) is 16.2. The molecule has 0 spiro atoms. The second-order valence-corrected chi connectivity index (χ2v) is 45.1. The maximum Gasteiger partial charge on any atom is 0.226 e. The van der Waals surface area contributed by atoms with Crippen LogP contribution in [0.1, 0.15) is 143 Å². The number of pyridine rings is 6. The summed E-state index contributed by atoms with van der Waals surface area (Å²) in [6.45, 7) is 13.0. The molecule has 4 N–H and O–H groups in total. The summed E-state index contributed by atoms with van der Waals surface area (Å²) in [4.78, 5) is 45.7. The molecule has 0 bridgehead atoms. The summed E-state index contributed by atoms with van der Waals surface area (Å²) in [6.07, 6.45) is 14.3. The monoisotopic (exact) mass is 2070 g/mol. The van der Waals surface area contributed by atoms with Gasteiger partial charge < -0.3 is 40.2 Å². The minimum Gasteiger partial charge on any atom is -0.474 e. The number of rotatable bonds is 24. The highest BCUT2D eigenvalue weighted by molar-refractivity contribution is 7.89. The number of para-hydroxylation sites is 5. The lowest BCUT2D eigenvalue weighted by molar-refractivity contribution is 0.131. The molecule has 145 heavy (non-hydrogen) atoms. The fourth-order valence-corrected chi connectivity index (χ4v) is 22.3. The Balaban J connectivity index is 0.000000132. The van der Waals surface area contributed by atoms with Crippen LogP contribution in [0.3, 0.4) is 0 Å². The van der Waals surface area contributed by atoms with E-state index in [2.05, 4.69) is 69.4 Å². The highest BCUT2D eigenvalue weighted by Gasteiger charge is 2.34. The first kappa shape index (κ1) is 103. The number of ether oxygens (including phenoxy) is 4. The molecule has 32 nitrogen and oxygen atoms in total. The van der Waals surface area contributed by atoms with Crippen LogP contribution in [0.15, 0.2) is 213 Å². The largest absolute Gasteiger partial charge is 0.474 e. The first-order valence-electron chi connectivity index (χ1n) is 47.4. The Morgan fingerprint density at radius 2 is 0.641 bits per heavy atom. The van der Waals surface area contributed by atoms with Crippen molar-refractivity contribution in [3.05, 3.63) is 274 Å². The summed E-state index contributed by atoms with van der Waals surface area (Å²) in [5, 5.41) is 41.8. The van der Waals surface area contributed by atoms with E-state index >= 15 is 0 Å². The lowest BCUT2D eigenvalue weighted by atomic mass is 10.0. The second-order valence-electron chi connectivity index (χ2n) is 36.4. The molecular formula is C105H106Cl2F2N20O12S4. The second kappa shape index (κ2) is 44.1. The van der Waals surface area contributed by atoms with Gasteiger partial charge in [-0.1, -0.05) is 145 Å².